The Labute approximate surface area is 134 Å². The molecule has 1 aromatic rings. The number of carbonyl (C=O) groups is 1. The lowest BCUT2D eigenvalue weighted by atomic mass is 10.1. The van der Waals surface area contributed by atoms with Gasteiger partial charge in [-0.15, -0.1) is 0 Å². The SMILES string of the molecule is CC(C)(C)OC(=O)CCCCCCCNc1ccccc1N. The van der Waals surface area contributed by atoms with Gasteiger partial charge in [0.25, 0.3) is 0 Å². The second-order valence-corrected chi connectivity index (χ2v) is 6.62. The number of benzene rings is 1. The number of carbonyl (C=O) groups excluding carboxylic acids is 1. The highest BCUT2D eigenvalue weighted by atomic mass is 16.6. The number of nitrogens with two attached hydrogens (primary N) is 1. The third-order valence-electron chi connectivity index (χ3n) is 3.25. The predicted octanol–water partition coefficient (Wildman–Crippen LogP) is 4.36. The Balaban J connectivity index is 1.98. The fraction of sp³-hybridized carbons (Fsp3) is 0.611. The first-order valence-corrected chi connectivity index (χ1v) is 8.19. The maximum Gasteiger partial charge on any atom is 0.306 e. The normalized spacial score (nSPS) is 11.2. The van der Waals surface area contributed by atoms with Crippen LogP contribution in [-0.2, 0) is 9.53 Å². The zero-order valence-electron chi connectivity index (χ0n) is 14.2. The molecule has 4 heteroatoms. The Hall–Kier alpha value is -1.71. The first kappa shape index (κ1) is 18.3. The molecular formula is C18H30N2O2. The minimum absolute atomic E-state index is 0.0891. The standard InChI is InChI=1S/C18H30N2O2/c1-18(2,3)22-17(21)13-7-5-4-6-10-14-20-16-12-9-8-11-15(16)19/h8-9,11-12,20H,4-7,10,13-14,19H2,1-3H3. The number of ether oxygens (including phenoxy) is 1. The lowest BCUT2D eigenvalue weighted by Gasteiger charge is -2.19. The van der Waals surface area contributed by atoms with Crippen molar-refractivity contribution < 1.29 is 9.53 Å². The van der Waals surface area contributed by atoms with Gasteiger partial charge in [-0.25, -0.2) is 0 Å². The predicted molar refractivity (Wildman–Crippen MR) is 92.9 cm³/mol. The first-order valence-electron chi connectivity index (χ1n) is 8.19. The molecule has 0 saturated heterocycles. The second-order valence-electron chi connectivity index (χ2n) is 6.62. The molecule has 3 N–H and O–H groups in total. The summed E-state index contributed by atoms with van der Waals surface area (Å²) in [4.78, 5) is 11.5. The molecular weight excluding hydrogens is 276 g/mol. The Kier molecular flexibility index (Phi) is 7.78. The van der Waals surface area contributed by atoms with Gasteiger partial charge in [0.05, 0.1) is 11.4 Å². The molecule has 0 aromatic heterocycles. The van der Waals surface area contributed by atoms with E-state index in [1.165, 1.54) is 0 Å². The van der Waals surface area contributed by atoms with Crippen LogP contribution in [0.2, 0.25) is 0 Å². The van der Waals surface area contributed by atoms with Crippen LogP contribution in [0.1, 0.15) is 59.3 Å². The van der Waals surface area contributed by atoms with Gasteiger partial charge in [-0.3, -0.25) is 4.79 Å². The van der Waals surface area contributed by atoms with Gasteiger partial charge in [0.2, 0.25) is 0 Å². The van der Waals surface area contributed by atoms with E-state index in [4.69, 9.17) is 10.5 Å². The zero-order valence-corrected chi connectivity index (χ0v) is 14.2. The van der Waals surface area contributed by atoms with Crippen LogP contribution < -0.4 is 11.1 Å². The minimum atomic E-state index is -0.373. The van der Waals surface area contributed by atoms with Crippen molar-refractivity contribution in [1.82, 2.24) is 0 Å². The topological polar surface area (TPSA) is 64.3 Å². The largest absolute Gasteiger partial charge is 0.460 e. The van der Waals surface area contributed by atoms with Gasteiger partial charge in [-0.1, -0.05) is 31.4 Å². The fourth-order valence-electron chi connectivity index (χ4n) is 2.20. The molecule has 124 valence electrons. The van der Waals surface area contributed by atoms with E-state index in [0.29, 0.717) is 6.42 Å². The summed E-state index contributed by atoms with van der Waals surface area (Å²) in [5, 5.41) is 3.35. The Morgan fingerprint density at radius 1 is 1.09 bits per heavy atom. The van der Waals surface area contributed by atoms with Gasteiger partial charge in [-0.2, -0.15) is 0 Å². The highest BCUT2D eigenvalue weighted by Gasteiger charge is 2.15. The lowest BCUT2D eigenvalue weighted by Crippen LogP contribution is -2.23. The molecule has 0 spiro atoms. The van der Waals surface area contributed by atoms with Crippen molar-refractivity contribution in [3.63, 3.8) is 0 Å². The number of esters is 1. The van der Waals surface area contributed by atoms with E-state index < -0.39 is 0 Å². The lowest BCUT2D eigenvalue weighted by molar-refractivity contribution is -0.154. The van der Waals surface area contributed by atoms with Gasteiger partial charge in [-0.05, 0) is 45.7 Å². The molecule has 0 atom stereocenters. The van der Waals surface area contributed by atoms with Crippen LogP contribution in [0.4, 0.5) is 11.4 Å². The summed E-state index contributed by atoms with van der Waals surface area (Å²) in [7, 11) is 0. The molecule has 4 nitrogen and oxygen atoms in total. The van der Waals surface area contributed by atoms with Crippen LogP contribution in [-0.4, -0.2) is 18.1 Å². The summed E-state index contributed by atoms with van der Waals surface area (Å²) < 4.78 is 5.28. The molecule has 0 fully saturated rings. The molecule has 0 radical (unpaired) electrons. The van der Waals surface area contributed by atoms with Crippen molar-refractivity contribution >= 4 is 17.3 Å². The quantitative estimate of drug-likeness (QED) is 0.404. The van der Waals surface area contributed by atoms with Crippen molar-refractivity contribution in [3.8, 4) is 0 Å². The third-order valence-corrected chi connectivity index (χ3v) is 3.25. The number of rotatable bonds is 9. The van der Waals surface area contributed by atoms with Crippen molar-refractivity contribution in [1.29, 1.82) is 0 Å². The van der Waals surface area contributed by atoms with Crippen LogP contribution >= 0.6 is 0 Å². The Morgan fingerprint density at radius 2 is 1.73 bits per heavy atom. The molecule has 0 aliphatic carbocycles. The maximum absolute atomic E-state index is 11.5. The number of hydrogen-bond acceptors (Lipinski definition) is 4. The van der Waals surface area contributed by atoms with E-state index in [2.05, 4.69) is 5.32 Å². The Bertz CT molecular complexity index is 453. The monoisotopic (exact) mass is 306 g/mol. The number of nitrogens with one attached hydrogen (secondary N) is 1. The number of anilines is 2. The summed E-state index contributed by atoms with van der Waals surface area (Å²) in [6, 6.07) is 7.82. The zero-order chi connectivity index (χ0) is 16.4. The van der Waals surface area contributed by atoms with E-state index in [9.17, 15) is 4.79 Å². The molecule has 0 aliphatic heterocycles. The molecule has 0 saturated carbocycles. The number of unbranched alkanes of at least 4 members (excludes halogenated alkanes) is 4. The van der Waals surface area contributed by atoms with E-state index in [0.717, 1.165) is 50.0 Å². The molecule has 0 aliphatic rings. The summed E-state index contributed by atoms with van der Waals surface area (Å²) in [5.74, 6) is -0.0891. The Morgan fingerprint density at radius 3 is 2.41 bits per heavy atom. The molecule has 0 bridgehead atoms. The van der Waals surface area contributed by atoms with Gasteiger partial charge in [0, 0.05) is 13.0 Å². The maximum atomic E-state index is 11.5. The minimum Gasteiger partial charge on any atom is -0.460 e. The molecule has 22 heavy (non-hydrogen) atoms. The summed E-state index contributed by atoms with van der Waals surface area (Å²) in [6.07, 6.45) is 5.93. The fourth-order valence-corrected chi connectivity index (χ4v) is 2.20. The summed E-state index contributed by atoms with van der Waals surface area (Å²) in [5.41, 5.74) is 7.29. The molecule has 1 rings (SSSR count). The van der Waals surface area contributed by atoms with Gasteiger partial charge in [0.1, 0.15) is 5.60 Å². The highest BCUT2D eigenvalue weighted by Crippen LogP contribution is 2.17. The van der Waals surface area contributed by atoms with Gasteiger partial charge < -0.3 is 15.8 Å². The van der Waals surface area contributed by atoms with E-state index in [-0.39, 0.29) is 11.6 Å². The summed E-state index contributed by atoms with van der Waals surface area (Å²) >= 11 is 0. The smallest absolute Gasteiger partial charge is 0.306 e. The van der Waals surface area contributed by atoms with Gasteiger partial charge in [0.15, 0.2) is 0 Å². The molecule has 1 aromatic carbocycles. The highest BCUT2D eigenvalue weighted by molar-refractivity contribution is 5.69. The number of nitrogen functional groups attached to an aromatic ring is 1. The van der Waals surface area contributed by atoms with E-state index in [1.54, 1.807) is 0 Å². The van der Waals surface area contributed by atoms with Crippen molar-refractivity contribution in [3.05, 3.63) is 24.3 Å². The average molecular weight is 306 g/mol. The molecule has 0 heterocycles. The van der Waals surface area contributed by atoms with Crippen LogP contribution in [0.15, 0.2) is 24.3 Å². The van der Waals surface area contributed by atoms with Crippen molar-refractivity contribution in [2.75, 3.05) is 17.6 Å². The first-order chi connectivity index (χ1) is 10.4. The van der Waals surface area contributed by atoms with Crippen molar-refractivity contribution in [2.45, 2.75) is 64.9 Å². The molecule has 0 unspecified atom stereocenters. The van der Waals surface area contributed by atoms with Crippen LogP contribution in [0.3, 0.4) is 0 Å². The number of hydrogen-bond donors (Lipinski definition) is 2. The second kappa shape index (κ2) is 9.34. The van der Waals surface area contributed by atoms with Gasteiger partial charge >= 0.3 is 5.97 Å². The summed E-state index contributed by atoms with van der Waals surface area (Å²) in [6.45, 7) is 6.63. The molecule has 0 amide bonds. The average Bonchev–Trinajstić information content (AvgIpc) is 2.41. The van der Waals surface area contributed by atoms with Crippen LogP contribution in [0.25, 0.3) is 0 Å². The van der Waals surface area contributed by atoms with E-state index in [1.807, 2.05) is 45.0 Å². The van der Waals surface area contributed by atoms with Crippen molar-refractivity contribution in [2.24, 2.45) is 0 Å². The third kappa shape index (κ3) is 8.55. The van der Waals surface area contributed by atoms with E-state index >= 15 is 0 Å². The number of para-hydroxylation sites is 2. The van der Waals surface area contributed by atoms with Crippen LogP contribution in [0, 0.1) is 0 Å². The van der Waals surface area contributed by atoms with Crippen LogP contribution in [0.5, 0.6) is 0 Å².